The van der Waals surface area contributed by atoms with Crippen LogP contribution in [0.15, 0.2) is 54.6 Å². The second-order valence-corrected chi connectivity index (χ2v) is 14.0. The molecule has 60 heavy (non-hydrogen) atoms. The van der Waals surface area contributed by atoms with Gasteiger partial charge in [-0.2, -0.15) is 5.48 Å². The van der Waals surface area contributed by atoms with Gasteiger partial charge in [-0.05, 0) is 75.5 Å². The Morgan fingerprint density at radius 3 is 1.70 bits per heavy atom. The number of unbranched alkanes of at least 4 members (excludes halogenated alkanes) is 2. The Kier molecular flexibility index (Phi) is 29.5. The Hall–Kier alpha value is -4.45. The highest BCUT2D eigenvalue weighted by Gasteiger charge is 2.23. The molecule has 0 heterocycles. The normalized spacial score (nSPS) is 12.0. The summed E-state index contributed by atoms with van der Waals surface area (Å²) in [6.45, 7) is 9.34. The van der Waals surface area contributed by atoms with Gasteiger partial charge < -0.3 is 49.2 Å². The molecule has 0 radical (unpaired) electrons. The molecule has 16 heteroatoms. The number of ether oxygens (including phenoxy) is 6. The third-order valence-corrected chi connectivity index (χ3v) is 8.92. The smallest absolute Gasteiger partial charge is 0.336 e. The molecule has 2 rings (SSSR count). The fourth-order valence-electron chi connectivity index (χ4n) is 5.57. The van der Waals surface area contributed by atoms with Crippen molar-refractivity contribution in [1.29, 1.82) is 0 Å². The molecule has 0 aromatic heterocycles. The fourth-order valence-corrected chi connectivity index (χ4v) is 5.57. The van der Waals surface area contributed by atoms with Gasteiger partial charge in [-0.15, -0.1) is 0 Å². The number of hydrogen-bond acceptors (Lipinski definition) is 12. The van der Waals surface area contributed by atoms with Crippen molar-refractivity contribution in [2.75, 3.05) is 92.4 Å². The van der Waals surface area contributed by atoms with Gasteiger partial charge in [-0.25, -0.2) is 4.79 Å². The Balaban J connectivity index is 1.73. The summed E-state index contributed by atoms with van der Waals surface area (Å²) in [5, 5.41) is 8.15. The van der Waals surface area contributed by atoms with Gasteiger partial charge in [0.15, 0.2) is 0 Å². The lowest BCUT2D eigenvalue weighted by atomic mass is 10.0. The van der Waals surface area contributed by atoms with Gasteiger partial charge >= 0.3 is 5.97 Å². The molecule has 2 atom stereocenters. The SMILES string of the molecule is CCOCCOCCOCC(=O)NCCCC[C@H](NC(=O)COCCOCCOCC)C(=O)NC[C@H](C)C(=O)ONC(=O)Cc1ccc(CCCCc2ccccc2)cc1. The highest BCUT2D eigenvalue weighted by molar-refractivity contribution is 5.88. The van der Waals surface area contributed by atoms with Crippen molar-refractivity contribution >= 4 is 29.6 Å². The van der Waals surface area contributed by atoms with Crippen LogP contribution in [0.5, 0.6) is 0 Å². The summed E-state index contributed by atoms with van der Waals surface area (Å²) in [7, 11) is 0. The fraction of sp³-hybridized carbons (Fsp3) is 0.614. The largest absolute Gasteiger partial charge is 0.379 e. The van der Waals surface area contributed by atoms with Crippen molar-refractivity contribution in [2.24, 2.45) is 5.92 Å². The van der Waals surface area contributed by atoms with Crippen LogP contribution in [0.2, 0.25) is 0 Å². The lowest BCUT2D eigenvalue weighted by Crippen LogP contribution is -2.49. The van der Waals surface area contributed by atoms with Crippen LogP contribution in [-0.4, -0.2) is 128 Å². The molecule has 16 nitrogen and oxygen atoms in total. The zero-order valence-corrected chi connectivity index (χ0v) is 35.8. The van der Waals surface area contributed by atoms with E-state index in [1.54, 1.807) is 6.92 Å². The molecule has 0 aliphatic rings. The van der Waals surface area contributed by atoms with Crippen molar-refractivity contribution in [2.45, 2.75) is 78.2 Å². The van der Waals surface area contributed by atoms with E-state index in [0.29, 0.717) is 65.6 Å². The zero-order valence-electron chi connectivity index (χ0n) is 35.8. The first-order valence-corrected chi connectivity index (χ1v) is 21.1. The summed E-state index contributed by atoms with van der Waals surface area (Å²) >= 11 is 0. The number of rotatable bonds is 35. The quantitative estimate of drug-likeness (QED) is 0.0586. The van der Waals surface area contributed by atoms with Gasteiger partial charge in [0.05, 0.1) is 65.2 Å². The molecule has 0 saturated heterocycles. The van der Waals surface area contributed by atoms with Crippen molar-refractivity contribution < 1.29 is 57.2 Å². The van der Waals surface area contributed by atoms with E-state index in [1.165, 1.54) is 11.1 Å². The zero-order chi connectivity index (χ0) is 43.5. The van der Waals surface area contributed by atoms with Gasteiger partial charge in [0, 0.05) is 26.3 Å². The van der Waals surface area contributed by atoms with Crippen LogP contribution in [-0.2, 0) is 76.5 Å². The van der Waals surface area contributed by atoms with E-state index in [1.807, 2.05) is 44.2 Å². The maximum absolute atomic E-state index is 13.2. The maximum Gasteiger partial charge on any atom is 0.336 e. The third kappa shape index (κ3) is 26.6. The number of nitrogens with one attached hydrogen (secondary N) is 4. The highest BCUT2D eigenvalue weighted by atomic mass is 16.7. The summed E-state index contributed by atoms with van der Waals surface area (Å²) in [6.07, 6.45) is 5.45. The lowest BCUT2D eigenvalue weighted by Gasteiger charge is -2.20. The van der Waals surface area contributed by atoms with Crippen molar-refractivity contribution in [3.8, 4) is 0 Å². The molecule has 0 unspecified atom stereocenters. The molecule has 4 amide bonds. The molecule has 0 bridgehead atoms. The first-order valence-electron chi connectivity index (χ1n) is 21.1. The van der Waals surface area contributed by atoms with E-state index in [0.717, 1.165) is 31.2 Å². The van der Waals surface area contributed by atoms with E-state index in [4.69, 9.17) is 33.3 Å². The van der Waals surface area contributed by atoms with Crippen molar-refractivity contribution in [1.82, 2.24) is 21.4 Å². The number of benzene rings is 2. The highest BCUT2D eigenvalue weighted by Crippen LogP contribution is 2.11. The van der Waals surface area contributed by atoms with E-state index in [2.05, 4.69) is 45.7 Å². The maximum atomic E-state index is 13.2. The van der Waals surface area contributed by atoms with Gasteiger partial charge in [-0.1, -0.05) is 61.5 Å². The minimum absolute atomic E-state index is 0.0291. The van der Waals surface area contributed by atoms with Crippen LogP contribution < -0.4 is 21.4 Å². The second kappa shape index (κ2) is 34.3. The van der Waals surface area contributed by atoms with Gasteiger partial charge in [0.2, 0.25) is 17.7 Å². The standard InChI is InChI=1S/C44H68N4O12/c1-4-54-23-25-56-27-29-58-33-41(50)45-22-12-11-17-39(47-42(51)34-59-30-28-57-26-24-55-5-2)43(52)46-32-35(3)44(53)60-48-40(49)31-38-20-18-37(19-21-38)16-10-9-15-36-13-7-6-8-14-36/h6-8,13-14,18-21,35,39H,4-5,9-12,15-17,22-34H2,1-3H3,(H,45,50)(H,46,52)(H,47,51)(H,48,49)/t35-,39-/m0/s1. The van der Waals surface area contributed by atoms with E-state index < -0.39 is 35.7 Å². The summed E-state index contributed by atoms with van der Waals surface area (Å²) < 4.78 is 31.8. The third-order valence-electron chi connectivity index (χ3n) is 8.92. The molecule has 0 fully saturated rings. The topological polar surface area (TPSA) is 198 Å². The van der Waals surface area contributed by atoms with Gasteiger partial charge in [-0.3, -0.25) is 19.2 Å². The first-order chi connectivity index (χ1) is 29.2. The minimum Gasteiger partial charge on any atom is -0.379 e. The number of aryl methyl sites for hydroxylation is 2. The predicted octanol–water partition coefficient (Wildman–Crippen LogP) is 3.03. The monoisotopic (exact) mass is 844 g/mol. The molecular formula is C44H68N4O12. The number of hydroxylamine groups is 1. The van der Waals surface area contributed by atoms with Crippen LogP contribution in [0.25, 0.3) is 0 Å². The van der Waals surface area contributed by atoms with Crippen molar-refractivity contribution in [3.05, 3.63) is 71.3 Å². The minimum atomic E-state index is -0.936. The van der Waals surface area contributed by atoms with Crippen molar-refractivity contribution in [3.63, 3.8) is 0 Å². The molecular weight excluding hydrogens is 776 g/mol. The lowest BCUT2D eigenvalue weighted by molar-refractivity contribution is -0.161. The Bertz CT molecular complexity index is 1460. The van der Waals surface area contributed by atoms with Crippen LogP contribution >= 0.6 is 0 Å². The summed E-state index contributed by atoms with van der Waals surface area (Å²) in [5.74, 6) is -3.32. The number of carbonyl (C=O) groups is 5. The summed E-state index contributed by atoms with van der Waals surface area (Å²) in [6, 6.07) is 17.3. The summed E-state index contributed by atoms with van der Waals surface area (Å²) in [4.78, 5) is 68.3. The predicted molar refractivity (Wildman–Crippen MR) is 225 cm³/mol. The second-order valence-electron chi connectivity index (χ2n) is 14.0. The molecule has 336 valence electrons. The Morgan fingerprint density at radius 2 is 1.10 bits per heavy atom. The van der Waals surface area contributed by atoms with Crippen LogP contribution in [0, 0.1) is 5.92 Å². The molecule has 0 aliphatic carbocycles. The number of hydrogen-bond donors (Lipinski definition) is 4. The number of amides is 4. The first kappa shape index (κ1) is 51.7. The number of carbonyl (C=O) groups excluding carboxylic acids is 5. The Morgan fingerprint density at radius 1 is 0.567 bits per heavy atom. The van der Waals surface area contributed by atoms with E-state index in [-0.39, 0.29) is 58.3 Å². The van der Waals surface area contributed by atoms with Gasteiger partial charge in [0.1, 0.15) is 19.3 Å². The van der Waals surface area contributed by atoms with E-state index in [9.17, 15) is 24.0 Å². The summed E-state index contributed by atoms with van der Waals surface area (Å²) in [5.41, 5.74) is 5.51. The van der Waals surface area contributed by atoms with E-state index >= 15 is 0 Å². The van der Waals surface area contributed by atoms with Gasteiger partial charge in [0.25, 0.3) is 5.91 Å². The molecule has 0 spiro atoms. The van der Waals surface area contributed by atoms with Crippen LogP contribution in [0.4, 0.5) is 0 Å². The Labute approximate surface area is 355 Å². The van der Waals surface area contributed by atoms with Crippen LogP contribution in [0.1, 0.15) is 69.6 Å². The molecule has 0 aliphatic heterocycles. The molecule has 4 N–H and O–H groups in total. The van der Waals surface area contributed by atoms with Crippen LogP contribution in [0.3, 0.4) is 0 Å². The molecule has 0 saturated carbocycles. The average molecular weight is 845 g/mol. The average Bonchev–Trinajstić information content (AvgIpc) is 3.25. The molecule has 2 aromatic carbocycles. The molecule has 2 aromatic rings.